The van der Waals surface area contributed by atoms with E-state index in [0.29, 0.717) is 5.92 Å². The van der Waals surface area contributed by atoms with E-state index in [1.165, 1.54) is 7.11 Å². The number of fused-ring (bicyclic) bond motifs is 1. The Labute approximate surface area is 145 Å². The second-order valence-corrected chi connectivity index (χ2v) is 6.82. The molecule has 0 aromatic carbocycles. The van der Waals surface area contributed by atoms with Gasteiger partial charge in [0.2, 0.25) is 0 Å². The number of aliphatic hydroxyl groups excluding tert-OH is 2. The number of ether oxygens (including phenoxy) is 2. The molecule has 1 unspecified atom stereocenters. The lowest BCUT2D eigenvalue weighted by Gasteiger charge is -2.31. The van der Waals surface area contributed by atoms with Gasteiger partial charge in [0.25, 0.3) is 0 Å². The first-order valence-corrected chi connectivity index (χ1v) is 8.72. The first kappa shape index (κ1) is 19.1. The molecule has 134 valence electrons. The highest BCUT2D eigenvalue weighted by molar-refractivity contribution is 5.21. The van der Waals surface area contributed by atoms with Crippen molar-refractivity contribution in [2.75, 3.05) is 7.11 Å². The smallest absolute Gasteiger partial charge is 0.192 e. The monoisotopic (exact) mass is 334 g/mol. The molecule has 2 N–H and O–H groups in total. The molecule has 0 amide bonds. The van der Waals surface area contributed by atoms with Gasteiger partial charge in [0.05, 0.1) is 12.2 Å². The highest BCUT2D eigenvalue weighted by Gasteiger charge is 2.56. The minimum atomic E-state index is -1.08. The maximum absolute atomic E-state index is 10.6. The molecule has 4 heteroatoms. The lowest BCUT2D eigenvalue weighted by atomic mass is 9.77. The topological polar surface area (TPSA) is 58.9 Å². The molecule has 2 aliphatic rings. The number of methoxy groups -OCH3 is 1. The summed E-state index contributed by atoms with van der Waals surface area (Å²) in [5.74, 6) is -0.730. The van der Waals surface area contributed by atoms with Crippen molar-refractivity contribution in [2.45, 2.75) is 51.3 Å². The molecule has 0 bridgehead atoms. The highest BCUT2D eigenvalue weighted by Crippen LogP contribution is 2.44. The van der Waals surface area contributed by atoms with Gasteiger partial charge < -0.3 is 19.7 Å². The van der Waals surface area contributed by atoms with Gasteiger partial charge in [0, 0.05) is 18.9 Å². The summed E-state index contributed by atoms with van der Waals surface area (Å²) in [6.07, 6.45) is 15.0. The molecule has 0 spiro atoms. The zero-order chi connectivity index (χ0) is 17.7. The van der Waals surface area contributed by atoms with Gasteiger partial charge >= 0.3 is 0 Å². The van der Waals surface area contributed by atoms with E-state index in [4.69, 9.17) is 9.47 Å². The summed E-state index contributed by atoms with van der Waals surface area (Å²) in [5.41, 5.74) is 0. The summed E-state index contributed by atoms with van der Waals surface area (Å²) in [5, 5.41) is 20.7. The van der Waals surface area contributed by atoms with Crippen LogP contribution in [0.4, 0.5) is 0 Å². The molecule has 0 aromatic rings. The summed E-state index contributed by atoms with van der Waals surface area (Å²) in [4.78, 5) is 0. The van der Waals surface area contributed by atoms with Crippen LogP contribution in [0.25, 0.3) is 0 Å². The Morgan fingerprint density at radius 2 is 1.92 bits per heavy atom. The van der Waals surface area contributed by atoms with Gasteiger partial charge in [0.15, 0.2) is 5.79 Å². The SMILES string of the molecule is CCC(C)/C=C/C=C/C=C/[C@H]1C=C[C@H](O)[C@H]2O[C@](C)(OC)[C@@H](O)[C@@H]21. The number of rotatable bonds is 6. The molecule has 1 aliphatic heterocycles. The minimum Gasteiger partial charge on any atom is -0.387 e. The highest BCUT2D eigenvalue weighted by atomic mass is 16.7. The molecular weight excluding hydrogens is 304 g/mol. The van der Waals surface area contributed by atoms with E-state index in [1.54, 1.807) is 13.0 Å². The predicted molar refractivity (Wildman–Crippen MR) is 95.3 cm³/mol. The molecule has 4 nitrogen and oxygen atoms in total. The molecule has 1 fully saturated rings. The lowest BCUT2D eigenvalue weighted by molar-refractivity contribution is -0.238. The van der Waals surface area contributed by atoms with E-state index in [2.05, 4.69) is 26.0 Å². The van der Waals surface area contributed by atoms with Crippen molar-refractivity contribution in [3.05, 3.63) is 48.6 Å². The summed E-state index contributed by atoms with van der Waals surface area (Å²) >= 11 is 0. The summed E-state index contributed by atoms with van der Waals surface area (Å²) in [6, 6.07) is 0. The van der Waals surface area contributed by atoms with E-state index in [-0.39, 0.29) is 11.8 Å². The molecule has 0 aromatic heterocycles. The van der Waals surface area contributed by atoms with E-state index >= 15 is 0 Å². The molecule has 24 heavy (non-hydrogen) atoms. The van der Waals surface area contributed by atoms with Crippen LogP contribution in [0.2, 0.25) is 0 Å². The lowest BCUT2D eigenvalue weighted by Crippen LogP contribution is -2.42. The van der Waals surface area contributed by atoms with E-state index in [0.717, 1.165) is 6.42 Å². The van der Waals surface area contributed by atoms with Crippen molar-refractivity contribution in [1.82, 2.24) is 0 Å². The molecule has 1 saturated heterocycles. The van der Waals surface area contributed by atoms with Crippen molar-refractivity contribution < 1.29 is 19.7 Å². The summed E-state index contributed by atoms with van der Waals surface area (Å²) < 4.78 is 11.1. The second-order valence-electron chi connectivity index (χ2n) is 6.82. The zero-order valence-corrected chi connectivity index (χ0v) is 15.0. The van der Waals surface area contributed by atoms with E-state index in [1.807, 2.05) is 30.4 Å². The van der Waals surface area contributed by atoms with Crippen molar-refractivity contribution >= 4 is 0 Å². The molecule has 2 rings (SSSR count). The van der Waals surface area contributed by atoms with Crippen LogP contribution in [0.5, 0.6) is 0 Å². The third-order valence-corrected chi connectivity index (χ3v) is 5.12. The Kier molecular flexibility index (Phi) is 6.58. The average molecular weight is 334 g/mol. The van der Waals surface area contributed by atoms with Gasteiger partial charge in [-0.15, -0.1) is 0 Å². The van der Waals surface area contributed by atoms with Gasteiger partial charge in [-0.05, 0) is 12.8 Å². The van der Waals surface area contributed by atoms with Crippen molar-refractivity contribution in [3.63, 3.8) is 0 Å². The Bertz CT molecular complexity index is 522. The van der Waals surface area contributed by atoms with Gasteiger partial charge in [-0.3, -0.25) is 0 Å². The van der Waals surface area contributed by atoms with Crippen LogP contribution in [-0.4, -0.2) is 41.4 Å². The molecule has 0 saturated carbocycles. The van der Waals surface area contributed by atoms with Crippen LogP contribution >= 0.6 is 0 Å². The minimum absolute atomic E-state index is 0.00595. The maximum atomic E-state index is 10.6. The van der Waals surface area contributed by atoms with Crippen LogP contribution in [0.3, 0.4) is 0 Å². The van der Waals surface area contributed by atoms with Gasteiger partial charge in [-0.2, -0.15) is 0 Å². The molecule has 0 radical (unpaired) electrons. The second kappa shape index (κ2) is 8.26. The van der Waals surface area contributed by atoms with Crippen LogP contribution in [0.15, 0.2) is 48.6 Å². The van der Waals surface area contributed by atoms with E-state index in [9.17, 15) is 10.2 Å². The van der Waals surface area contributed by atoms with Crippen LogP contribution < -0.4 is 0 Å². The largest absolute Gasteiger partial charge is 0.387 e. The van der Waals surface area contributed by atoms with Gasteiger partial charge in [-0.1, -0.05) is 68.9 Å². The van der Waals surface area contributed by atoms with E-state index < -0.39 is 24.1 Å². The first-order valence-electron chi connectivity index (χ1n) is 8.72. The number of aliphatic hydroxyl groups is 2. The number of allylic oxidation sites excluding steroid dienone is 7. The summed E-state index contributed by atoms with van der Waals surface area (Å²) in [6.45, 7) is 6.07. The maximum Gasteiger partial charge on any atom is 0.192 e. The zero-order valence-electron chi connectivity index (χ0n) is 15.0. The predicted octanol–water partition coefficient (Wildman–Crippen LogP) is 2.99. The van der Waals surface area contributed by atoms with Gasteiger partial charge in [0.1, 0.15) is 6.10 Å². The van der Waals surface area contributed by atoms with Crippen LogP contribution in [0.1, 0.15) is 27.2 Å². The van der Waals surface area contributed by atoms with Crippen molar-refractivity contribution in [2.24, 2.45) is 17.8 Å². The Morgan fingerprint density at radius 3 is 2.58 bits per heavy atom. The third-order valence-electron chi connectivity index (χ3n) is 5.12. The van der Waals surface area contributed by atoms with Crippen molar-refractivity contribution in [1.29, 1.82) is 0 Å². The fraction of sp³-hybridized carbons (Fsp3) is 0.600. The molecule has 7 atom stereocenters. The third kappa shape index (κ3) is 4.06. The van der Waals surface area contributed by atoms with Crippen LogP contribution in [-0.2, 0) is 9.47 Å². The summed E-state index contributed by atoms with van der Waals surface area (Å²) in [7, 11) is 1.51. The van der Waals surface area contributed by atoms with Crippen molar-refractivity contribution in [3.8, 4) is 0 Å². The normalized spacial score (nSPS) is 40.8. The first-order chi connectivity index (χ1) is 11.4. The Morgan fingerprint density at radius 1 is 1.21 bits per heavy atom. The fourth-order valence-corrected chi connectivity index (χ4v) is 3.23. The Balaban J connectivity index is 2.05. The molecular formula is C20H30O4. The standard InChI is InChI=1S/C20H30O4/c1-5-14(2)10-8-6-7-9-11-15-12-13-16(21)18-17(15)19(22)20(3,23-4)24-18/h6-19,21-22H,5H2,1-4H3/b7-6+,10-8+,11-9+/t14?,15-,16-,17+,18+,19-,20-/m0/s1. The van der Waals surface area contributed by atoms with Gasteiger partial charge in [-0.25, -0.2) is 0 Å². The molecule has 1 heterocycles. The molecule has 1 aliphatic carbocycles. The average Bonchev–Trinajstić information content (AvgIpc) is 2.86. The quantitative estimate of drug-likeness (QED) is 0.579. The fourth-order valence-electron chi connectivity index (χ4n) is 3.23. The number of hydrogen-bond acceptors (Lipinski definition) is 4. The number of hydrogen-bond donors (Lipinski definition) is 2. The Hall–Kier alpha value is -1.20. The van der Waals surface area contributed by atoms with Crippen LogP contribution in [0, 0.1) is 17.8 Å².